The third-order valence-corrected chi connectivity index (χ3v) is 5.46. The van der Waals surface area contributed by atoms with Gasteiger partial charge in [0.2, 0.25) is 0 Å². The molecule has 1 aromatic heterocycles. The van der Waals surface area contributed by atoms with Crippen LogP contribution in [0.1, 0.15) is 30.5 Å². The van der Waals surface area contributed by atoms with Gasteiger partial charge in [-0.15, -0.1) is 0 Å². The number of aryl methyl sites for hydroxylation is 1. The van der Waals surface area contributed by atoms with E-state index in [1.807, 2.05) is 35.9 Å². The highest BCUT2D eigenvalue weighted by molar-refractivity contribution is 6.30. The molecule has 0 aliphatic carbocycles. The van der Waals surface area contributed by atoms with Gasteiger partial charge < -0.3 is 23.5 Å². The normalized spacial score (nSPS) is 15.8. The first-order valence-electron chi connectivity index (χ1n) is 10.5. The average molecular weight is 457 g/mol. The number of hydrogen-bond acceptors (Lipinski definition) is 6. The Morgan fingerprint density at radius 3 is 2.78 bits per heavy atom. The number of halogens is 1. The maximum absolute atomic E-state index is 12.2. The summed E-state index contributed by atoms with van der Waals surface area (Å²) in [6.45, 7) is 2.89. The molecule has 2 atom stereocenters. The van der Waals surface area contributed by atoms with Crippen molar-refractivity contribution in [1.82, 2.24) is 9.55 Å². The summed E-state index contributed by atoms with van der Waals surface area (Å²) in [5, 5.41) is 0.593. The molecule has 0 saturated heterocycles. The van der Waals surface area contributed by atoms with Crippen LogP contribution in [-0.4, -0.2) is 41.4 Å². The third-order valence-electron chi connectivity index (χ3n) is 5.23. The molecule has 32 heavy (non-hydrogen) atoms. The van der Waals surface area contributed by atoms with Gasteiger partial charge in [0.15, 0.2) is 17.6 Å². The van der Waals surface area contributed by atoms with E-state index in [9.17, 15) is 4.79 Å². The van der Waals surface area contributed by atoms with Crippen molar-refractivity contribution in [1.29, 1.82) is 0 Å². The van der Waals surface area contributed by atoms with E-state index in [0.29, 0.717) is 42.1 Å². The molecule has 0 spiro atoms. The second-order valence-electron chi connectivity index (χ2n) is 7.51. The van der Waals surface area contributed by atoms with Crippen LogP contribution in [0.5, 0.6) is 17.2 Å². The summed E-state index contributed by atoms with van der Waals surface area (Å²) in [6.07, 6.45) is 3.50. The molecule has 0 radical (unpaired) electrons. The van der Waals surface area contributed by atoms with E-state index in [1.54, 1.807) is 37.6 Å². The Kier molecular flexibility index (Phi) is 6.85. The van der Waals surface area contributed by atoms with Crippen molar-refractivity contribution < 1.29 is 23.7 Å². The molecule has 3 aromatic rings. The van der Waals surface area contributed by atoms with Crippen molar-refractivity contribution in [2.75, 3.05) is 19.8 Å². The molecule has 8 heteroatoms. The molecule has 4 rings (SSSR count). The van der Waals surface area contributed by atoms with Gasteiger partial charge in [-0.25, -0.2) is 4.98 Å². The molecule has 2 heterocycles. The van der Waals surface area contributed by atoms with Crippen molar-refractivity contribution in [3.63, 3.8) is 0 Å². The Morgan fingerprint density at radius 1 is 1.25 bits per heavy atom. The fraction of sp³-hybridized carbons (Fsp3) is 0.333. The highest BCUT2D eigenvalue weighted by Crippen LogP contribution is 2.34. The quantitative estimate of drug-likeness (QED) is 0.468. The second kappa shape index (κ2) is 9.96. The predicted molar refractivity (Wildman–Crippen MR) is 120 cm³/mol. The van der Waals surface area contributed by atoms with Crippen LogP contribution < -0.4 is 14.2 Å². The van der Waals surface area contributed by atoms with Gasteiger partial charge in [0.05, 0.1) is 19.4 Å². The number of benzene rings is 2. The molecule has 0 bridgehead atoms. The van der Waals surface area contributed by atoms with Crippen LogP contribution in [0.2, 0.25) is 5.02 Å². The smallest absolute Gasteiger partial charge is 0.306 e. The average Bonchev–Trinajstić information content (AvgIpc) is 3.22. The minimum absolute atomic E-state index is 0.160. The van der Waals surface area contributed by atoms with Crippen LogP contribution in [0.3, 0.4) is 0 Å². The number of nitrogens with zero attached hydrogens (tertiary/aromatic N) is 2. The molecule has 2 aromatic carbocycles. The molecule has 168 valence electrons. The highest BCUT2D eigenvalue weighted by Gasteiger charge is 2.23. The molecule has 7 nitrogen and oxygen atoms in total. The van der Waals surface area contributed by atoms with Crippen LogP contribution in [0, 0.1) is 0 Å². The first-order valence-corrected chi connectivity index (χ1v) is 10.8. The summed E-state index contributed by atoms with van der Waals surface area (Å²) in [5.41, 5.74) is 1.92. The minimum atomic E-state index is -0.244. The van der Waals surface area contributed by atoms with E-state index < -0.39 is 0 Å². The Hall–Kier alpha value is -3.19. The standard InChI is InChI=1S/C24H25ClN2O5/c1-3-29-24(28)11-20(21-12-26-15-27(21)2)16-4-7-18(8-5-16)30-13-19-14-31-22-9-6-17(25)10-23(22)32-19/h4-10,12,15,19-20H,3,11,13-14H2,1-2H3. The number of carbonyl (C=O) groups excluding carboxylic acids is 1. The van der Waals surface area contributed by atoms with Crippen molar-refractivity contribution >= 4 is 17.6 Å². The first kappa shape index (κ1) is 22.0. The summed E-state index contributed by atoms with van der Waals surface area (Å²) in [7, 11) is 1.91. The van der Waals surface area contributed by atoms with Crippen LogP contribution in [-0.2, 0) is 16.6 Å². The maximum Gasteiger partial charge on any atom is 0.306 e. The van der Waals surface area contributed by atoms with E-state index in [4.69, 9.17) is 30.5 Å². The molecule has 0 saturated carbocycles. The molecular weight excluding hydrogens is 432 g/mol. The third kappa shape index (κ3) is 5.16. The van der Waals surface area contributed by atoms with Crippen LogP contribution in [0.4, 0.5) is 0 Å². The monoisotopic (exact) mass is 456 g/mol. The van der Waals surface area contributed by atoms with Crippen LogP contribution in [0.15, 0.2) is 55.0 Å². The minimum Gasteiger partial charge on any atom is -0.490 e. The molecule has 0 N–H and O–H groups in total. The fourth-order valence-corrected chi connectivity index (χ4v) is 3.80. The molecule has 1 aliphatic heterocycles. The van der Waals surface area contributed by atoms with E-state index >= 15 is 0 Å². The number of esters is 1. The van der Waals surface area contributed by atoms with Gasteiger partial charge in [-0.2, -0.15) is 0 Å². The zero-order chi connectivity index (χ0) is 22.5. The van der Waals surface area contributed by atoms with Gasteiger partial charge in [0, 0.05) is 35.9 Å². The topological polar surface area (TPSA) is 71.8 Å². The molecule has 2 unspecified atom stereocenters. The molecule has 1 aliphatic rings. The summed E-state index contributed by atoms with van der Waals surface area (Å²) >= 11 is 6.03. The Labute approximate surface area is 191 Å². The SMILES string of the molecule is CCOC(=O)CC(c1ccc(OCC2COc3ccc(Cl)cc3O2)cc1)c1cncn1C. The number of aromatic nitrogens is 2. The predicted octanol–water partition coefficient (Wildman–Crippen LogP) is 4.38. The largest absolute Gasteiger partial charge is 0.490 e. The molecule has 0 fully saturated rings. The van der Waals surface area contributed by atoms with E-state index in [0.717, 1.165) is 11.3 Å². The van der Waals surface area contributed by atoms with Gasteiger partial charge in [-0.05, 0) is 36.8 Å². The lowest BCUT2D eigenvalue weighted by molar-refractivity contribution is -0.143. The number of carbonyl (C=O) groups is 1. The lowest BCUT2D eigenvalue weighted by Crippen LogP contribution is -2.34. The summed E-state index contributed by atoms with van der Waals surface area (Å²) in [4.78, 5) is 16.4. The molecule has 0 amide bonds. The highest BCUT2D eigenvalue weighted by atomic mass is 35.5. The van der Waals surface area contributed by atoms with E-state index in [1.165, 1.54) is 0 Å². The van der Waals surface area contributed by atoms with Gasteiger partial charge in [-0.1, -0.05) is 23.7 Å². The number of hydrogen-bond donors (Lipinski definition) is 0. The Morgan fingerprint density at radius 2 is 2.06 bits per heavy atom. The number of rotatable bonds is 8. The summed E-state index contributed by atoms with van der Waals surface area (Å²) in [6, 6.07) is 13.0. The zero-order valence-electron chi connectivity index (χ0n) is 18.0. The van der Waals surface area contributed by atoms with Gasteiger partial charge in [0.1, 0.15) is 19.0 Å². The van der Waals surface area contributed by atoms with E-state index in [-0.39, 0.29) is 24.4 Å². The van der Waals surface area contributed by atoms with Crippen LogP contribution in [0.25, 0.3) is 0 Å². The lowest BCUT2D eigenvalue weighted by atomic mass is 9.92. The Balaban J connectivity index is 1.41. The van der Waals surface area contributed by atoms with Crippen LogP contribution >= 0.6 is 11.6 Å². The first-order chi connectivity index (χ1) is 15.5. The van der Waals surface area contributed by atoms with Crippen molar-refractivity contribution in [3.8, 4) is 17.2 Å². The zero-order valence-corrected chi connectivity index (χ0v) is 18.7. The lowest BCUT2D eigenvalue weighted by Gasteiger charge is -2.26. The van der Waals surface area contributed by atoms with Crippen molar-refractivity contribution in [2.24, 2.45) is 7.05 Å². The van der Waals surface area contributed by atoms with E-state index in [2.05, 4.69) is 4.98 Å². The van der Waals surface area contributed by atoms with Gasteiger partial charge >= 0.3 is 5.97 Å². The molecular formula is C24H25ClN2O5. The van der Waals surface area contributed by atoms with Gasteiger partial charge in [0.25, 0.3) is 0 Å². The Bertz CT molecular complexity index is 1070. The number of ether oxygens (including phenoxy) is 4. The summed E-state index contributed by atoms with van der Waals surface area (Å²) in [5.74, 6) is 1.60. The maximum atomic E-state index is 12.2. The number of imidazole rings is 1. The van der Waals surface area contributed by atoms with Crippen molar-refractivity contribution in [2.45, 2.75) is 25.4 Å². The fourth-order valence-electron chi connectivity index (χ4n) is 3.64. The second-order valence-corrected chi connectivity index (χ2v) is 7.95. The van der Waals surface area contributed by atoms with Gasteiger partial charge in [-0.3, -0.25) is 4.79 Å². The summed E-state index contributed by atoms with van der Waals surface area (Å²) < 4.78 is 24.6. The van der Waals surface area contributed by atoms with Crippen molar-refractivity contribution in [3.05, 3.63) is 71.3 Å². The number of fused-ring (bicyclic) bond motifs is 1.